The smallest absolute Gasteiger partial charge is 1.00 e. The quantitative estimate of drug-likeness (QED) is 0.0530. The second-order valence-electron chi connectivity index (χ2n) is 22.8. The first kappa shape index (κ1) is 131. The predicted molar refractivity (Wildman–Crippen MR) is 430 cm³/mol. The molecule has 0 saturated carbocycles. The van der Waals surface area contributed by atoms with Crippen LogP contribution in [0.1, 0.15) is 100 Å². The molecule has 45 heteroatoms. The zero-order chi connectivity index (χ0) is 79.4. The first-order chi connectivity index (χ1) is 49.2. The van der Waals surface area contributed by atoms with Crippen molar-refractivity contribution in [1.29, 1.82) is 0 Å². The van der Waals surface area contributed by atoms with E-state index in [9.17, 15) is 70.4 Å². The van der Waals surface area contributed by atoms with E-state index in [1.807, 2.05) is 75.4 Å². The van der Waals surface area contributed by atoms with Crippen LogP contribution in [0.5, 0.6) is 51.7 Å². The Hall–Kier alpha value is -0.825. The second kappa shape index (κ2) is 73.7. The van der Waals surface area contributed by atoms with Crippen molar-refractivity contribution in [2.24, 2.45) is 0 Å². The van der Waals surface area contributed by atoms with Crippen LogP contribution in [-0.2, 0) is 110 Å². The van der Waals surface area contributed by atoms with Crippen molar-refractivity contribution in [2.75, 3.05) is 0 Å². The van der Waals surface area contributed by atoms with Crippen LogP contribution < -0.4 is 70.1 Å². The summed E-state index contributed by atoms with van der Waals surface area (Å²) in [5.74, 6) is 3.61. The summed E-state index contributed by atoms with van der Waals surface area (Å²) in [5, 5.41) is 0. The topological polar surface area (TPSA) is 436 Å². The molecular weight excluding hydrogens is 1910 g/mol. The van der Waals surface area contributed by atoms with Gasteiger partial charge >= 0.3 is 242 Å². The molecule has 9 aromatic carbocycles. The predicted octanol–water partition coefficient (Wildman–Crippen LogP) is 14.8. The van der Waals surface area contributed by atoms with Gasteiger partial charge in [0.25, 0.3) is 0 Å². The van der Waals surface area contributed by atoms with E-state index in [1.165, 1.54) is 0 Å². The third kappa shape index (κ3) is 65.8. The fraction of sp³-hybridized carbons (Fsp3) is 0.217. The fourth-order valence-electron chi connectivity index (χ4n) is 7.66. The monoisotopic (exact) mass is 1990 g/mol. The van der Waals surface area contributed by atoms with Crippen molar-refractivity contribution in [3.05, 3.63) is 268 Å². The third-order valence-electron chi connectivity index (χ3n) is 12.5. The summed E-state index contributed by atoms with van der Waals surface area (Å²) in [6, 6.07) is 62.7. The van der Waals surface area contributed by atoms with Gasteiger partial charge in [-0.15, -0.1) is 14.7 Å². The molecule has 9 aromatic rings. The Kier molecular flexibility index (Phi) is 84.8. The molecule has 576 valence electrons. The molecule has 114 heavy (non-hydrogen) atoms. The largest absolute Gasteiger partial charge is 2.00 e. The van der Waals surface area contributed by atoms with Crippen LogP contribution >= 0.6 is 74.3 Å². The van der Waals surface area contributed by atoms with Gasteiger partial charge in [0.15, 0.2) is 51.7 Å². The van der Waals surface area contributed by atoms with Crippen LogP contribution in [0.3, 0.4) is 0 Å². The van der Waals surface area contributed by atoms with Crippen LogP contribution in [-0.4, -0.2) is 182 Å². The van der Waals surface area contributed by atoms with Crippen LogP contribution in [0.25, 0.3) is 0 Å². The SMILES string of the molecule is CC(C)(C)c1ccc(O[P+](=O)O)cc1.CC(C)(C)c1ccc(O[P+](=O)[O-])cc1.Cc1ccc(O[P+](=O)[O-])cc1.Cc1cccc(C)c1O[P+](=O)O.Cc1cccc(C)c1O[P+](=O)[O-].Cc1cccc(C)c1O[P+](=O)[O-].O=[P+](O)Oc1ccccc1.O=[P+]([O-])Oc1ccccc1.O=[P+]([O-])Oc1ccccc1.[Ca+2].[Ca+2].[H-].[H-].[H-].[H-].[H-].[H-].[Mg+2].[Mg+2].[Mg+2].[Mg+2].[Zn].[Zn].[Zn]. The van der Waals surface area contributed by atoms with Gasteiger partial charge in [-0.25, -0.2) is 13.6 Å². The third-order valence-corrected chi connectivity index (χ3v) is 15.7. The molecule has 0 bridgehead atoms. The van der Waals surface area contributed by atoms with Gasteiger partial charge < -0.3 is 37.9 Å². The van der Waals surface area contributed by atoms with E-state index in [4.69, 9.17) is 19.2 Å². The fourth-order valence-corrected chi connectivity index (χ4v) is 10.8. The molecule has 9 rings (SSSR count). The second-order valence-corrected chi connectivity index (χ2v) is 28.6. The number of hydrogen-bond acceptors (Lipinski definition) is 24. The maximum absolute atomic E-state index is 10.4. The number of rotatable bonds is 18. The maximum Gasteiger partial charge on any atom is 2.00 e. The van der Waals surface area contributed by atoms with E-state index < -0.39 is 74.3 Å². The summed E-state index contributed by atoms with van der Waals surface area (Å²) in [6.07, 6.45) is 0. The minimum atomic E-state index is -2.81. The number of benzene rings is 9. The first-order valence-corrected chi connectivity index (χ1v) is 40.2. The molecule has 0 amide bonds. The average Bonchev–Trinajstić information content (AvgIpc) is 0.874. The van der Waals surface area contributed by atoms with E-state index in [0.29, 0.717) is 51.7 Å². The van der Waals surface area contributed by atoms with Gasteiger partial charge in [-0.3, -0.25) is 27.1 Å². The van der Waals surface area contributed by atoms with Crippen molar-refractivity contribution in [1.82, 2.24) is 0 Å². The van der Waals surface area contributed by atoms with Gasteiger partial charge in [0.2, 0.25) is 0 Å². The van der Waals surface area contributed by atoms with Gasteiger partial charge in [-0.2, -0.15) is 0 Å². The van der Waals surface area contributed by atoms with E-state index in [0.717, 1.165) is 50.1 Å². The standard InChI is InChI=1S/2C10H13O3P.3C8H9O3P.C7H7O3P.3C6H5O3P.2Ca.4Mg.3Zn.6H/c2*1-10(2,3)8-4-6-9(7-5-8)13-14(11)12;3*1-6-4-3-5-7(2)8(6)11-12(9)10;1-6-2-4-7(5-3-6)10-11(8)9;3*7-10(8)9-6-4-2-1-3-5-6;;;;;;;;;;;;;;;/h2*4-7H,1-3H3;3*3-5H,1-2H3;2-5H,1H3;3*1-5H;;;;;;;;;;;;;;;/q;;;;;;;;;6*+2;;;;6*-1/p+3. The average molecular weight is 2000 g/mol. The van der Waals surface area contributed by atoms with Gasteiger partial charge in [0.1, 0.15) is 0 Å². The summed E-state index contributed by atoms with van der Waals surface area (Å²) in [7, 11) is -24.4. The Labute approximate surface area is 844 Å². The van der Waals surface area contributed by atoms with Crippen LogP contribution in [0.15, 0.2) is 218 Å². The van der Waals surface area contributed by atoms with Gasteiger partial charge in [0.05, 0.1) is 0 Å². The van der Waals surface area contributed by atoms with Crippen LogP contribution in [0, 0.1) is 48.5 Å². The molecule has 0 fully saturated rings. The van der Waals surface area contributed by atoms with Crippen molar-refractivity contribution < 1.29 is 193 Å². The summed E-state index contributed by atoms with van der Waals surface area (Å²) < 4.78 is 133. The summed E-state index contributed by atoms with van der Waals surface area (Å²) in [5.41, 5.74) is 8.58. The zero-order valence-electron chi connectivity index (χ0n) is 71.3. The molecule has 9 atom stereocenters. The molecule has 9 unspecified atom stereocenters. The summed E-state index contributed by atoms with van der Waals surface area (Å²) in [6.45, 7) is 25.4. The summed E-state index contributed by atoms with van der Waals surface area (Å²) >= 11 is 0. The van der Waals surface area contributed by atoms with Gasteiger partial charge in [0, 0.05) is 72.1 Å². The van der Waals surface area contributed by atoms with Gasteiger partial charge in [-0.1, -0.05) is 193 Å². The molecule has 0 spiro atoms. The molecular formula is C69H84Ca2Mg4O27P9Zn3+9. The minimum Gasteiger partial charge on any atom is -1.00 e. The summed E-state index contributed by atoms with van der Waals surface area (Å²) in [4.78, 5) is 86.2. The van der Waals surface area contributed by atoms with E-state index in [1.54, 1.807) is 191 Å². The Morgan fingerprint density at radius 2 is 0.430 bits per heavy atom. The van der Waals surface area contributed by atoms with Gasteiger partial charge in [-0.05, 0) is 204 Å². The molecule has 27 nitrogen and oxygen atoms in total. The molecule has 0 aliphatic rings. The molecule has 0 saturated heterocycles. The Balaban J connectivity index is -0.0000000784. The molecule has 3 N–H and O–H groups in total. The zero-order valence-corrected chi connectivity index (χ0v) is 92.3. The van der Waals surface area contributed by atoms with E-state index >= 15 is 0 Å². The maximum atomic E-state index is 10.4. The molecule has 0 aliphatic heterocycles. The minimum absolute atomic E-state index is 0. The number of para-hydroxylation sites is 6. The number of hydrogen-bond donors (Lipinski definition) is 3. The normalized spacial score (nSPS) is 10.4. The number of aryl methyl sites for hydroxylation is 7. The Morgan fingerprint density at radius 3 is 0.623 bits per heavy atom. The molecule has 0 aliphatic carbocycles. The first-order valence-electron chi connectivity index (χ1n) is 30.2. The van der Waals surface area contributed by atoms with Crippen molar-refractivity contribution in [3.63, 3.8) is 0 Å². The van der Waals surface area contributed by atoms with E-state index in [-0.39, 0.29) is 246 Å². The van der Waals surface area contributed by atoms with Crippen molar-refractivity contribution in [2.45, 2.75) is 101 Å². The van der Waals surface area contributed by atoms with E-state index in [2.05, 4.69) is 77.7 Å². The van der Waals surface area contributed by atoms with Crippen molar-refractivity contribution in [3.8, 4) is 51.7 Å². The molecule has 0 aromatic heterocycles. The molecule has 0 heterocycles. The Bertz CT molecular complexity index is 3900. The van der Waals surface area contributed by atoms with Crippen LogP contribution in [0.4, 0.5) is 0 Å². The van der Waals surface area contributed by atoms with Crippen molar-refractivity contribution >= 4 is 242 Å². The molecule has 0 radical (unpaired) electrons. The Morgan fingerprint density at radius 1 is 0.254 bits per heavy atom. The van der Waals surface area contributed by atoms with Crippen LogP contribution in [0.2, 0.25) is 0 Å².